The highest BCUT2D eigenvalue weighted by molar-refractivity contribution is 5.10. The Balaban J connectivity index is 1.84. The normalized spacial score (nSPS) is 25.6. The summed E-state index contributed by atoms with van der Waals surface area (Å²) in [5, 5.41) is 4.14. The van der Waals surface area contributed by atoms with Gasteiger partial charge in [-0.3, -0.25) is 0 Å². The van der Waals surface area contributed by atoms with Gasteiger partial charge >= 0.3 is 0 Å². The highest BCUT2D eigenvalue weighted by atomic mass is 16.5. The van der Waals surface area contributed by atoms with Crippen molar-refractivity contribution in [3.8, 4) is 0 Å². The van der Waals surface area contributed by atoms with Gasteiger partial charge in [0.05, 0.1) is 5.54 Å². The van der Waals surface area contributed by atoms with Crippen LogP contribution in [0.15, 0.2) is 4.52 Å². The third kappa shape index (κ3) is 2.19. The minimum atomic E-state index is -0.430. The topological polar surface area (TPSA) is 74.2 Å². The van der Waals surface area contributed by atoms with Crippen LogP contribution in [0.1, 0.15) is 69.5 Å². The fraction of sp³-hybridized carbons (Fsp3) is 0.857. The SMILES string of the molecule is COC1(c2noc(C3(N)CCCCCC3)n2)CCC1. The lowest BCUT2D eigenvalue weighted by Crippen LogP contribution is -2.39. The maximum absolute atomic E-state index is 6.50. The zero-order valence-electron chi connectivity index (χ0n) is 11.7. The van der Waals surface area contributed by atoms with Gasteiger partial charge in [-0.2, -0.15) is 4.98 Å². The van der Waals surface area contributed by atoms with Crippen LogP contribution in [0.25, 0.3) is 0 Å². The number of methoxy groups -OCH3 is 1. The fourth-order valence-electron chi connectivity index (χ4n) is 3.20. The molecule has 0 aromatic carbocycles. The van der Waals surface area contributed by atoms with Crippen molar-refractivity contribution in [3.63, 3.8) is 0 Å². The van der Waals surface area contributed by atoms with Crippen molar-refractivity contribution in [2.24, 2.45) is 5.73 Å². The zero-order valence-corrected chi connectivity index (χ0v) is 11.7. The molecule has 1 aromatic heterocycles. The number of aromatic nitrogens is 2. The van der Waals surface area contributed by atoms with E-state index in [2.05, 4.69) is 10.1 Å². The second-order valence-corrected chi connectivity index (χ2v) is 6.05. The first-order valence-electron chi connectivity index (χ1n) is 7.37. The van der Waals surface area contributed by atoms with E-state index in [-0.39, 0.29) is 5.60 Å². The summed E-state index contributed by atoms with van der Waals surface area (Å²) in [6.45, 7) is 0. The number of ether oxygens (including phenoxy) is 1. The smallest absolute Gasteiger partial charge is 0.246 e. The molecule has 0 spiro atoms. The molecule has 0 atom stereocenters. The van der Waals surface area contributed by atoms with Crippen molar-refractivity contribution in [2.45, 2.75) is 68.9 Å². The molecule has 5 heteroatoms. The molecule has 2 N–H and O–H groups in total. The lowest BCUT2D eigenvalue weighted by atomic mass is 9.79. The lowest BCUT2D eigenvalue weighted by molar-refractivity contribution is -0.0858. The van der Waals surface area contributed by atoms with E-state index in [1.54, 1.807) is 7.11 Å². The summed E-state index contributed by atoms with van der Waals surface area (Å²) in [4.78, 5) is 4.58. The summed E-state index contributed by atoms with van der Waals surface area (Å²) >= 11 is 0. The molecule has 3 rings (SSSR count). The Bertz CT molecular complexity index is 426. The second-order valence-electron chi connectivity index (χ2n) is 6.05. The van der Waals surface area contributed by atoms with Crippen molar-refractivity contribution in [1.29, 1.82) is 0 Å². The Morgan fingerprint density at radius 1 is 1.05 bits per heavy atom. The van der Waals surface area contributed by atoms with E-state index >= 15 is 0 Å². The van der Waals surface area contributed by atoms with Crippen molar-refractivity contribution in [1.82, 2.24) is 10.1 Å². The van der Waals surface area contributed by atoms with Crippen LogP contribution in [0.4, 0.5) is 0 Å². The molecule has 0 amide bonds. The molecule has 2 fully saturated rings. The van der Waals surface area contributed by atoms with Gasteiger partial charge in [0, 0.05) is 7.11 Å². The summed E-state index contributed by atoms with van der Waals surface area (Å²) < 4.78 is 11.1. The molecule has 0 unspecified atom stereocenters. The summed E-state index contributed by atoms with van der Waals surface area (Å²) in [5.74, 6) is 1.29. The molecule has 2 aliphatic carbocycles. The molecular weight excluding hydrogens is 242 g/mol. The van der Waals surface area contributed by atoms with Crippen LogP contribution >= 0.6 is 0 Å². The Labute approximate surface area is 113 Å². The van der Waals surface area contributed by atoms with Crippen LogP contribution in [0, 0.1) is 0 Å². The van der Waals surface area contributed by atoms with E-state index in [0.717, 1.165) is 44.9 Å². The first-order chi connectivity index (χ1) is 9.19. The van der Waals surface area contributed by atoms with Gasteiger partial charge < -0.3 is 15.0 Å². The van der Waals surface area contributed by atoms with Crippen molar-refractivity contribution < 1.29 is 9.26 Å². The minimum absolute atomic E-state index is 0.317. The summed E-state index contributed by atoms with van der Waals surface area (Å²) in [6.07, 6.45) is 9.77. The minimum Gasteiger partial charge on any atom is -0.370 e. The predicted octanol–water partition coefficient (Wildman–Crippen LogP) is 2.60. The van der Waals surface area contributed by atoms with Crippen LogP contribution in [0.3, 0.4) is 0 Å². The van der Waals surface area contributed by atoms with Gasteiger partial charge in [-0.25, -0.2) is 0 Å². The van der Waals surface area contributed by atoms with E-state index in [4.69, 9.17) is 15.0 Å². The number of hydrogen-bond acceptors (Lipinski definition) is 5. The van der Waals surface area contributed by atoms with Gasteiger partial charge in [-0.05, 0) is 32.1 Å². The molecule has 2 aliphatic rings. The lowest BCUT2D eigenvalue weighted by Gasteiger charge is -2.37. The Hall–Kier alpha value is -0.940. The standard InChI is InChI=1S/C14H23N3O2/c1-18-14(9-6-10-14)11-16-12(19-17-11)13(15)7-4-2-3-5-8-13/h2-10,15H2,1H3. The third-order valence-corrected chi connectivity index (χ3v) is 4.81. The Kier molecular flexibility index (Phi) is 3.35. The van der Waals surface area contributed by atoms with E-state index in [0.29, 0.717) is 11.7 Å². The highest BCUT2D eigenvalue weighted by Gasteiger charge is 2.45. The van der Waals surface area contributed by atoms with E-state index < -0.39 is 5.54 Å². The largest absolute Gasteiger partial charge is 0.370 e. The van der Waals surface area contributed by atoms with Gasteiger partial charge in [-0.1, -0.05) is 30.8 Å². The fourth-order valence-corrected chi connectivity index (χ4v) is 3.20. The predicted molar refractivity (Wildman–Crippen MR) is 70.4 cm³/mol. The molecule has 106 valence electrons. The number of hydrogen-bond donors (Lipinski definition) is 1. The molecule has 0 aliphatic heterocycles. The van der Waals surface area contributed by atoms with Gasteiger partial charge in [-0.15, -0.1) is 0 Å². The van der Waals surface area contributed by atoms with Gasteiger partial charge in [0.2, 0.25) is 11.7 Å². The third-order valence-electron chi connectivity index (χ3n) is 4.81. The molecule has 0 radical (unpaired) electrons. The summed E-state index contributed by atoms with van der Waals surface area (Å²) in [6, 6.07) is 0. The van der Waals surface area contributed by atoms with Crippen LogP contribution in [0.2, 0.25) is 0 Å². The van der Waals surface area contributed by atoms with Gasteiger partial charge in [0.25, 0.3) is 0 Å². The zero-order chi connectivity index (χ0) is 13.3. The van der Waals surface area contributed by atoms with E-state index in [1.165, 1.54) is 12.8 Å². The van der Waals surface area contributed by atoms with Crippen LogP contribution in [-0.2, 0) is 15.9 Å². The molecule has 19 heavy (non-hydrogen) atoms. The molecular formula is C14H23N3O2. The highest BCUT2D eigenvalue weighted by Crippen LogP contribution is 2.43. The first-order valence-corrected chi connectivity index (χ1v) is 7.37. The number of nitrogens with zero attached hydrogens (tertiary/aromatic N) is 2. The second kappa shape index (κ2) is 4.87. The van der Waals surface area contributed by atoms with Crippen LogP contribution in [-0.4, -0.2) is 17.3 Å². The number of nitrogens with two attached hydrogens (primary N) is 1. The Morgan fingerprint density at radius 3 is 2.26 bits per heavy atom. The van der Waals surface area contributed by atoms with Crippen molar-refractivity contribution in [3.05, 3.63) is 11.7 Å². The molecule has 5 nitrogen and oxygen atoms in total. The van der Waals surface area contributed by atoms with Gasteiger partial charge in [0.15, 0.2) is 0 Å². The monoisotopic (exact) mass is 265 g/mol. The maximum Gasteiger partial charge on any atom is 0.246 e. The Morgan fingerprint density at radius 2 is 1.74 bits per heavy atom. The van der Waals surface area contributed by atoms with Crippen LogP contribution < -0.4 is 5.73 Å². The average molecular weight is 265 g/mol. The number of rotatable bonds is 3. The van der Waals surface area contributed by atoms with Gasteiger partial charge in [0.1, 0.15) is 5.60 Å². The molecule has 1 aromatic rings. The van der Waals surface area contributed by atoms with E-state index in [1.807, 2.05) is 0 Å². The molecule has 2 saturated carbocycles. The summed E-state index contributed by atoms with van der Waals surface area (Å²) in [7, 11) is 1.72. The summed E-state index contributed by atoms with van der Waals surface area (Å²) in [5.41, 5.74) is 5.75. The quantitative estimate of drug-likeness (QED) is 0.850. The maximum atomic E-state index is 6.50. The van der Waals surface area contributed by atoms with Crippen molar-refractivity contribution >= 4 is 0 Å². The van der Waals surface area contributed by atoms with E-state index in [9.17, 15) is 0 Å². The average Bonchev–Trinajstić information content (AvgIpc) is 2.74. The first kappa shape index (κ1) is 13.1. The van der Waals surface area contributed by atoms with Crippen molar-refractivity contribution in [2.75, 3.05) is 7.11 Å². The molecule has 0 saturated heterocycles. The van der Waals surface area contributed by atoms with Crippen LogP contribution in [0.5, 0.6) is 0 Å². The molecule has 1 heterocycles. The molecule has 0 bridgehead atoms.